The first kappa shape index (κ1) is 58.7. The number of benzene rings is 4. The van der Waals surface area contributed by atoms with Gasteiger partial charge >= 0.3 is 11.9 Å². The van der Waals surface area contributed by atoms with Gasteiger partial charge in [-0.3, -0.25) is 0 Å². The van der Waals surface area contributed by atoms with E-state index in [0.29, 0.717) is 60.8 Å². The van der Waals surface area contributed by atoms with E-state index in [0.717, 1.165) is 142 Å². The molecule has 0 radical (unpaired) electrons. The Bertz CT molecular complexity index is 3180. The summed E-state index contributed by atoms with van der Waals surface area (Å²) in [5.41, 5.74) is 9.97. The van der Waals surface area contributed by atoms with Gasteiger partial charge in [-0.1, -0.05) is 99.6 Å². The maximum atomic E-state index is 15.4. The van der Waals surface area contributed by atoms with Gasteiger partial charge in [0.15, 0.2) is 0 Å². The lowest BCUT2D eigenvalue weighted by Crippen LogP contribution is -2.52. The number of hydrogen-bond acceptors (Lipinski definition) is 11. The molecule has 1 spiro atoms. The molecule has 10 aliphatic rings. The van der Waals surface area contributed by atoms with E-state index in [-0.39, 0.29) is 71.5 Å². The van der Waals surface area contributed by atoms with Crippen molar-refractivity contribution in [2.24, 2.45) is 58.2 Å². The summed E-state index contributed by atoms with van der Waals surface area (Å²) in [6.07, 6.45) is 18.4. The third-order valence-corrected chi connectivity index (χ3v) is 21.4. The van der Waals surface area contributed by atoms with Crippen LogP contribution in [0.4, 0.5) is 0 Å². The van der Waals surface area contributed by atoms with Crippen LogP contribution in [0.25, 0.3) is 16.7 Å². The number of carbonyl (C=O) groups excluding carboxylic acids is 2. The Balaban J connectivity index is 1.02. The first-order valence-electron chi connectivity index (χ1n) is 32.5. The number of aliphatic hydroxyl groups is 2. The van der Waals surface area contributed by atoms with Crippen molar-refractivity contribution in [2.75, 3.05) is 32.8 Å². The average molecular weight is 1140 g/mol. The van der Waals surface area contributed by atoms with Gasteiger partial charge in [0, 0.05) is 42.8 Å². The molecule has 4 aromatic rings. The molecule has 11 heteroatoms. The van der Waals surface area contributed by atoms with Crippen LogP contribution >= 0.6 is 0 Å². The summed E-state index contributed by atoms with van der Waals surface area (Å²) in [4.78, 5) is 30.8. The van der Waals surface area contributed by atoms with Crippen LogP contribution in [-0.4, -0.2) is 72.3 Å². The summed E-state index contributed by atoms with van der Waals surface area (Å²) in [6, 6.07) is 33.9. The van der Waals surface area contributed by atoms with E-state index in [2.05, 4.69) is 127 Å². The fourth-order valence-electron chi connectivity index (χ4n) is 17.6. The van der Waals surface area contributed by atoms with Crippen molar-refractivity contribution in [3.05, 3.63) is 165 Å². The highest BCUT2D eigenvalue weighted by Gasteiger charge is 2.69. The zero-order valence-corrected chi connectivity index (χ0v) is 50.3. The Kier molecular flexibility index (Phi) is 17.7. The SMILES string of the molecule is CC[C@H](/C=C1\OC(=O)C2=C3c4cc(O)ccc4-c4cccc(c4)CNCCc4cccc(c4)[C@@H](NC[C@H](C)O)[C@@H]4C[C@]([C@@H]5CCN[C@@H](NCCCC(C)C)C5)(CC=C5OC(=O)C6=C5CC[C@H]5[C@H]3CC[C@@]21[C@@H]65)C[C@H]4CCCO)Cc1ccccc1. The number of ether oxygens (including phenoxy) is 2. The van der Waals surface area contributed by atoms with Crippen LogP contribution in [-0.2, 0) is 38.4 Å². The molecule has 2 saturated carbocycles. The van der Waals surface area contributed by atoms with Gasteiger partial charge in [0.1, 0.15) is 17.3 Å². The molecule has 84 heavy (non-hydrogen) atoms. The number of phenolic OH excluding ortho intramolecular Hbond substituents is 1. The van der Waals surface area contributed by atoms with Crippen LogP contribution < -0.4 is 21.3 Å². The van der Waals surface area contributed by atoms with Crippen molar-refractivity contribution in [2.45, 2.75) is 155 Å². The normalized spacial score (nSPS) is 30.5. The lowest BCUT2D eigenvalue weighted by atomic mass is 9.44. The Labute approximate surface area is 499 Å². The number of allylic oxidation sites excluding steroid dienone is 5. The number of cyclic esters (lactones) is 1. The average Bonchev–Trinajstić information content (AvgIpc) is 1.37. The summed E-state index contributed by atoms with van der Waals surface area (Å²) in [5.74, 6) is 2.14. The van der Waals surface area contributed by atoms with Crippen LogP contribution in [0.2, 0.25) is 0 Å². The molecule has 4 aromatic carbocycles. The highest BCUT2D eigenvalue weighted by Crippen LogP contribution is 2.72. The topological polar surface area (TPSA) is 161 Å². The summed E-state index contributed by atoms with van der Waals surface area (Å²) in [6.45, 7) is 12.6. The Morgan fingerprint density at radius 2 is 1.67 bits per heavy atom. The van der Waals surface area contributed by atoms with Gasteiger partial charge < -0.3 is 46.1 Å². The number of aliphatic hydroxyl groups excluding tert-OH is 2. The highest BCUT2D eigenvalue weighted by molar-refractivity contribution is 6.07. The molecule has 4 fully saturated rings. The van der Waals surface area contributed by atoms with Crippen LogP contribution in [0, 0.1) is 58.2 Å². The molecule has 0 amide bonds. The number of aromatic hydroxyl groups is 1. The van der Waals surface area contributed by atoms with Crippen molar-refractivity contribution in [1.82, 2.24) is 21.3 Å². The zero-order chi connectivity index (χ0) is 58.1. The minimum absolute atomic E-state index is 0.0216. The lowest BCUT2D eigenvalue weighted by Gasteiger charge is -2.56. The highest BCUT2D eigenvalue weighted by atomic mass is 16.6. The first-order chi connectivity index (χ1) is 40.9. The number of rotatable bonds is 16. The molecule has 14 rings (SSSR count). The molecule has 5 aliphatic carbocycles. The summed E-state index contributed by atoms with van der Waals surface area (Å²) >= 11 is 0. The van der Waals surface area contributed by atoms with Gasteiger partial charge in [-0.25, -0.2) is 9.59 Å². The molecular formula is C73H92N4O7. The molecule has 12 atom stereocenters. The van der Waals surface area contributed by atoms with Gasteiger partial charge in [-0.2, -0.15) is 0 Å². The van der Waals surface area contributed by atoms with Crippen LogP contribution in [0.15, 0.2) is 137 Å². The van der Waals surface area contributed by atoms with Crippen molar-refractivity contribution < 1.29 is 34.4 Å². The van der Waals surface area contributed by atoms with Crippen molar-refractivity contribution in [1.29, 1.82) is 0 Å². The van der Waals surface area contributed by atoms with E-state index < -0.39 is 11.5 Å². The van der Waals surface area contributed by atoms with Crippen LogP contribution in [0.1, 0.15) is 151 Å². The Morgan fingerprint density at radius 1 is 0.821 bits per heavy atom. The van der Waals surface area contributed by atoms with Crippen LogP contribution in [0.3, 0.4) is 0 Å². The molecular weight excluding hydrogens is 1040 g/mol. The molecule has 2 saturated heterocycles. The molecule has 14 bridgehead atoms. The van der Waals surface area contributed by atoms with Crippen molar-refractivity contribution in [3.8, 4) is 16.9 Å². The number of carbonyl (C=O) groups is 2. The lowest BCUT2D eigenvalue weighted by molar-refractivity contribution is -0.135. The number of fused-ring (bicyclic) bond motifs is 5. The van der Waals surface area contributed by atoms with Crippen molar-refractivity contribution in [3.63, 3.8) is 0 Å². The summed E-state index contributed by atoms with van der Waals surface area (Å²) in [5, 5.41) is 48.5. The minimum atomic E-state index is -0.914. The number of esters is 2. The minimum Gasteiger partial charge on any atom is -0.508 e. The van der Waals surface area contributed by atoms with Crippen LogP contribution in [0.5, 0.6) is 5.75 Å². The molecule has 5 heterocycles. The number of phenols is 1. The van der Waals surface area contributed by atoms with E-state index >= 15 is 9.59 Å². The molecule has 446 valence electrons. The fourth-order valence-corrected chi connectivity index (χ4v) is 17.6. The van der Waals surface area contributed by atoms with Crippen molar-refractivity contribution >= 4 is 17.5 Å². The summed E-state index contributed by atoms with van der Waals surface area (Å²) < 4.78 is 13.6. The first-order valence-corrected chi connectivity index (χ1v) is 32.5. The molecule has 7 N–H and O–H groups in total. The van der Waals surface area contributed by atoms with Gasteiger partial charge in [-0.15, -0.1) is 0 Å². The van der Waals surface area contributed by atoms with Gasteiger partial charge in [0.25, 0.3) is 0 Å². The fraction of sp³-hybridized carbons (Fsp3) is 0.534. The Hall–Kier alpha value is -5.66. The second-order valence-electron chi connectivity index (χ2n) is 27.0. The van der Waals surface area contributed by atoms with E-state index in [1.54, 1.807) is 6.07 Å². The second kappa shape index (κ2) is 25.4. The van der Waals surface area contributed by atoms with Gasteiger partial charge in [-0.05, 0) is 251 Å². The third-order valence-electron chi connectivity index (χ3n) is 21.4. The maximum Gasteiger partial charge on any atom is 0.340 e. The maximum absolute atomic E-state index is 15.4. The molecule has 0 aromatic heterocycles. The molecule has 5 aliphatic heterocycles. The van der Waals surface area contributed by atoms with Gasteiger partial charge in [0.2, 0.25) is 0 Å². The zero-order valence-electron chi connectivity index (χ0n) is 50.3. The molecule has 0 unspecified atom stereocenters. The standard InChI is InChI=1S/C73H92N4O7/c1-5-47(35-48-14-7-6-8-15-48)38-63-73-30-25-57-58-23-24-59-62(83-70(81)66(59)67(58)73)26-29-72(54-28-33-76-64(39-54)75-31-11-13-45(2)3)41-53(20-12-34-78)61(42-72)69(77-43-46(4)79)52-19-9-16-49(36-52)27-32-74-44-50-17-10-18-51(37-50)56-22-21-55(80)40-60(56)65(57)68(73)71(82)84-63/h6-10,14-19,21-22,26,36-38,40,45-47,53-54,57-58,61,64,67,69,74-80H,5,11-13,20,23-25,27-35,39,41-44H2,1-4H3/b62-26?,63-38-/t46-,47-,53+,54+,57+,58-,61+,64+,67+,69+,72-,73+/m0/s1. The van der Waals surface area contributed by atoms with E-state index in [1.807, 2.05) is 25.1 Å². The van der Waals surface area contributed by atoms with E-state index in [9.17, 15) is 15.3 Å². The van der Waals surface area contributed by atoms with Gasteiger partial charge in [0.05, 0.1) is 23.3 Å². The monoisotopic (exact) mass is 1140 g/mol. The predicted molar refractivity (Wildman–Crippen MR) is 332 cm³/mol. The number of hydrogen-bond donors (Lipinski definition) is 7. The van der Waals surface area contributed by atoms with E-state index in [4.69, 9.17) is 9.47 Å². The third kappa shape index (κ3) is 11.6. The predicted octanol–water partition coefficient (Wildman–Crippen LogP) is 12.6. The number of nitrogens with one attached hydrogen (secondary N) is 4. The smallest absolute Gasteiger partial charge is 0.340 e. The largest absolute Gasteiger partial charge is 0.508 e. The Morgan fingerprint density at radius 3 is 2.49 bits per heavy atom. The quantitative estimate of drug-likeness (QED) is 0.0422. The summed E-state index contributed by atoms with van der Waals surface area (Å²) in [7, 11) is 0. The molecule has 11 nitrogen and oxygen atoms in total. The van der Waals surface area contributed by atoms with E-state index in [1.165, 1.54) is 23.1 Å². The second-order valence-corrected chi connectivity index (χ2v) is 27.0. The number of piperidine rings is 1.